The van der Waals surface area contributed by atoms with Crippen molar-refractivity contribution >= 4 is 27.8 Å². The molecule has 0 saturated carbocycles. The van der Waals surface area contributed by atoms with Crippen LogP contribution in [0.2, 0.25) is 0 Å². The van der Waals surface area contributed by atoms with E-state index in [1.54, 1.807) is 38.2 Å². The lowest BCUT2D eigenvalue weighted by atomic mass is 10.0. The van der Waals surface area contributed by atoms with Gasteiger partial charge >= 0.3 is 16.2 Å². The summed E-state index contributed by atoms with van der Waals surface area (Å²) in [6, 6.07) is 21.9. The highest BCUT2D eigenvalue weighted by Crippen LogP contribution is 2.20. The molecule has 0 radical (unpaired) electrons. The average molecular weight is 593 g/mol. The van der Waals surface area contributed by atoms with E-state index in [1.165, 1.54) is 12.0 Å². The summed E-state index contributed by atoms with van der Waals surface area (Å²) >= 11 is 0. The normalized spacial score (nSPS) is 12.6. The Hall–Kier alpha value is -4.75. The quantitative estimate of drug-likeness (QED) is 0.227. The van der Waals surface area contributed by atoms with Gasteiger partial charge < -0.3 is 19.5 Å². The maximum absolute atomic E-state index is 13.5. The zero-order chi connectivity index (χ0) is 30.1. The van der Waals surface area contributed by atoms with Gasteiger partial charge in [-0.15, -0.1) is 0 Å². The minimum Gasteiger partial charge on any atom is -0.497 e. The van der Waals surface area contributed by atoms with Crippen molar-refractivity contribution in [3.05, 3.63) is 108 Å². The molecule has 1 heterocycles. The van der Waals surface area contributed by atoms with E-state index in [9.17, 15) is 18.0 Å². The fraction of sp³-hybridized carbons (Fsp3) is 0.241. The molecule has 3 aromatic carbocycles. The van der Waals surface area contributed by atoms with Crippen LogP contribution in [0.3, 0.4) is 0 Å². The molecule has 4 rings (SSSR count). The van der Waals surface area contributed by atoms with Crippen molar-refractivity contribution < 1.29 is 27.3 Å². The summed E-state index contributed by atoms with van der Waals surface area (Å²) in [6.45, 7) is 1.61. The molecule has 42 heavy (non-hydrogen) atoms. The van der Waals surface area contributed by atoms with Gasteiger partial charge in [-0.05, 0) is 48.7 Å². The fourth-order valence-electron chi connectivity index (χ4n) is 4.23. The number of hydrogen-bond donors (Lipinski definition) is 3. The van der Waals surface area contributed by atoms with E-state index in [1.807, 2.05) is 65.4 Å². The van der Waals surface area contributed by atoms with Crippen LogP contribution in [-0.2, 0) is 27.8 Å². The Morgan fingerprint density at radius 1 is 0.929 bits per heavy atom. The van der Waals surface area contributed by atoms with Gasteiger partial charge in [-0.1, -0.05) is 65.8 Å². The summed E-state index contributed by atoms with van der Waals surface area (Å²) in [7, 11) is -1.33. The molecular formula is C29H32N6O6S. The van der Waals surface area contributed by atoms with Gasteiger partial charge in [0, 0.05) is 19.2 Å². The third-order valence-electron chi connectivity index (χ3n) is 6.32. The molecule has 0 saturated heterocycles. The summed E-state index contributed by atoms with van der Waals surface area (Å²) in [4.78, 5) is 32.1. The maximum atomic E-state index is 13.5. The number of aromatic nitrogens is 2. The molecule has 220 valence electrons. The van der Waals surface area contributed by atoms with Crippen molar-refractivity contribution in [1.82, 2.24) is 24.9 Å². The Bertz CT molecular complexity index is 1580. The van der Waals surface area contributed by atoms with E-state index >= 15 is 0 Å². The summed E-state index contributed by atoms with van der Waals surface area (Å²) in [5.74, 6) is 0.543. The second-order valence-corrected chi connectivity index (χ2v) is 10.9. The van der Waals surface area contributed by atoms with Gasteiger partial charge in [-0.3, -0.25) is 4.79 Å². The van der Waals surface area contributed by atoms with Crippen molar-refractivity contribution in [3.8, 4) is 5.75 Å². The maximum Gasteiger partial charge on any atom is 0.330 e. The predicted molar refractivity (Wildman–Crippen MR) is 156 cm³/mol. The average Bonchev–Trinajstić information content (AvgIpc) is 3.42. The number of likely N-dealkylation sites (N-methyl/N-ethyl adjacent to an activating group) is 1. The number of methoxy groups -OCH3 is 1. The smallest absolute Gasteiger partial charge is 0.330 e. The molecule has 1 unspecified atom stereocenters. The molecule has 0 bridgehead atoms. The molecule has 0 aliphatic rings. The Morgan fingerprint density at radius 2 is 1.52 bits per heavy atom. The van der Waals surface area contributed by atoms with Crippen LogP contribution in [0.4, 0.5) is 10.5 Å². The molecule has 2 atom stereocenters. The van der Waals surface area contributed by atoms with Crippen LogP contribution in [0.1, 0.15) is 28.9 Å². The van der Waals surface area contributed by atoms with Gasteiger partial charge in [-0.2, -0.15) is 18.1 Å². The summed E-state index contributed by atoms with van der Waals surface area (Å²) < 4.78 is 40.9. The third kappa shape index (κ3) is 8.38. The molecule has 3 N–H and O–H groups in total. The van der Waals surface area contributed by atoms with Crippen LogP contribution in [-0.4, -0.2) is 50.7 Å². The van der Waals surface area contributed by atoms with Crippen molar-refractivity contribution in [2.45, 2.75) is 31.8 Å². The highest BCUT2D eigenvalue weighted by atomic mass is 32.2. The molecule has 12 nitrogen and oxygen atoms in total. The number of aryl methyl sites for hydroxylation is 1. The van der Waals surface area contributed by atoms with Gasteiger partial charge in [0.2, 0.25) is 11.8 Å². The van der Waals surface area contributed by atoms with Crippen LogP contribution in [0.5, 0.6) is 5.75 Å². The standard InChI is InChI=1S/C29H32N6O6S/c1-20-30-27(41-32-20)25(18-21-10-6-4-7-11-21)33-42(38,39)34-29(37)31-26(19-22-12-8-5-9-13-22)28(36)35(2)23-14-16-24(40-3)17-15-23/h4-17,25-26,33H,18-19H2,1-3H3,(H2,31,34,37)/t25-,26?/m0/s1. The second kappa shape index (κ2) is 13.7. The number of anilines is 1. The zero-order valence-corrected chi connectivity index (χ0v) is 24.2. The van der Waals surface area contributed by atoms with Gasteiger partial charge in [-0.25, -0.2) is 9.52 Å². The lowest BCUT2D eigenvalue weighted by molar-refractivity contribution is -0.120. The van der Waals surface area contributed by atoms with E-state index in [0.29, 0.717) is 17.3 Å². The van der Waals surface area contributed by atoms with Gasteiger partial charge in [0.25, 0.3) is 0 Å². The molecule has 1 aromatic heterocycles. The molecule has 0 aliphatic carbocycles. The van der Waals surface area contributed by atoms with Crippen LogP contribution in [0.25, 0.3) is 0 Å². The Labute approximate surface area is 244 Å². The molecule has 0 spiro atoms. The van der Waals surface area contributed by atoms with Crippen molar-refractivity contribution in [2.24, 2.45) is 0 Å². The molecule has 13 heteroatoms. The Morgan fingerprint density at radius 3 is 2.07 bits per heavy atom. The van der Waals surface area contributed by atoms with Crippen molar-refractivity contribution in [3.63, 3.8) is 0 Å². The van der Waals surface area contributed by atoms with Crippen LogP contribution < -0.4 is 24.4 Å². The SMILES string of the molecule is COc1ccc(N(C)C(=O)C(Cc2ccccc2)NC(=O)NS(=O)(=O)N[C@@H](Cc2ccccc2)c2nc(C)no2)cc1. The number of nitrogens with one attached hydrogen (secondary N) is 3. The van der Waals surface area contributed by atoms with Crippen molar-refractivity contribution in [1.29, 1.82) is 0 Å². The first-order valence-corrected chi connectivity index (χ1v) is 14.5. The number of nitrogens with zero attached hydrogens (tertiary/aromatic N) is 3. The Balaban J connectivity index is 1.50. The predicted octanol–water partition coefficient (Wildman–Crippen LogP) is 3.08. The third-order valence-corrected chi connectivity index (χ3v) is 7.37. The van der Waals surface area contributed by atoms with Crippen molar-refractivity contribution in [2.75, 3.05) is 19.1 Å². The van der Waals surface area contributed by atoms with Gasteiger partial charge in [0.1, 0.15) is 17.8 Å². The monoisotopic (exact) mass is 592 g/mol. The molecule has 0 fully saturated rings. The number of amides is 3. The van der Waals surface area contributed by atoms with Gasteiger partial charge in [0.15, 0.2) is 5.82 Å². The number of carbonyl (C=O) groups excluding carboxylic acids is 2. The van der Waals surface area contributed by atoms with E-state index in [2.05, 4.69) is 20.2 Å². The number of benzene rings is 3. The minimum atomic E-state index is -4.44. The largest absolute Gasteiger partial charge is 0.497 e. The molecule has 0 aliphatic heterocycles. The fourth-order valence-corrected chi connectivity index (χ4v) is 5.15. The van der Waals surface area contributed by atoms with Crippen LogP contribution >= 0.6 is 0 Å². The minimum absolute atomic E-state index is 0.0420. The summed E-state index contributed by atoms with van der Waals surface area (Å²) in [5.41, 5.74) is 2.14. The number of carbonyl (C=O) groups is 2. The van der Waals surface area contributed by atoms with E-state index in [0.717, 1.165) is 11.1 Å². The molecule has 4 aromatic rings. The molecule has 3 amide bonds. The topological polar surface area (TPSA) is 156 Å². The number of urea groups is 1. The Kier molecular flexibility index (Phi) is 9.89. The van der Waals surface area contributed by atoms with E-state index < -0.39 is 34.2 Å². The van der Waals surface area contributed by atoms with Crippen LogP contribution in [0.15, 0.2) is 89.5 Å². The first-order valence-electron chi connectivity index (χ1n) is 13.0. The lowest BCUT2D eigenvalue weighted by Gasteiger charge is -2.25. The first kappa shape index (κ1) is 30.2. The summed E-state index contributed by atoms with van der Waals surface area (Å²) in [5, 5.41) is 6.28. The number of rotatable bonds is 12. The number of hydrogen-bond acceptors (Lipinski definition) is 8. The highest BCUT2D eigenvalue weighted by Gasteiger charge is 2.29. The zero-order valence-electron chi connectivity index (χ0n) is 23.4. The summed E-state index contributed by atoms with van der Waals surface area (Å²) in [6.07, 6.45) is 0.311. The first-order chi connectivity index (χ1) is 20.1. The van der Waals surface area contributed by atoms with Crippen LogP contribution in [0, 0.1) is 6.92 Å². The number of ether oxygens (including phenoxy) is 1. The lowest BCUT2D eigenvalue weighted by Crippen LogP contribution is -2.54. The second-order valence-electron chi connectivity index (χ2n) is 9.46. The van der Waals surface area contributed by atoms with Gasteiger partial charge in [0.05, 0.1) is 7.11 Å². The highest BCUT2D eigenvalue weighted by molar-refractivity contribution is 7.88. The van der Waals surface area contributed by atoms with E-state index in [4.69, 9.17) is 9.26 Å². The van der Waals surface area contributed by atoms with E-state index in [-0.39, 0.29) is 18.7 Å². The molecular weight excluding hydrogens is 560 g/mol.